The molecule has 1 aromatic rings. The number of hydrogen-bond donors (Lipinski definition) is 1. The van der Waals surface area contributed by atoms with Crippen LogP contribution in [0.15, 0.2) is 29.7 Å². The molecule has 0 aliphatic rings. The lowest BCUT2D eigenvalue weighted by atomic mass is 10.0. The maximum atomic E-state index is 11.9. The number of allylic oxidation sites excluding steroid dienone is 1. The number of carbonyl (C=O) groups excluding carboxylic acids is 1. The van der Waals surface area contributed by atoms with Gasteiger partial charge in [0.1, 0.15) is 0 Å². The second-order valence-corrected chi connectivity index (χ2v) is 6.27. The number of benzene rings is 1. The van der Waals surface area contributed by atoms with Crippen LogP contribution in [0.1, 0.15) is 26.3 Å². The number of ketones is 1. The van der Waals surface area contributed by atoms with Crippen molar-refractivity contribution in [2.24, 2.45) is 0 Å². The number of nitro benzene ring substituents is 1. The third kappa shape index (κ3) is 5.09. The van der Waals surface area contributed by atoms with Crippen LogP contribution in [-0.2, 0) is 14.8 Å². The Kier molecular flexibility index (Phi) is 5.34. The topological polar surface area (TPSA) is 106 Å². The quantitative estimate of drug-likeness (QED) is 0.490. The third-order valence-corrected chi connectivity index (χ3v) is 3.77. The Bertz CT molecular complexity index is 692. The molecule has 0 fully saturated rings. The molecule has 8 heteroatoms. The van der Waals surface area contributed by atoms with E-state index in [4.69, 9.17) is 0 Å². The first-order valence-corrected chi connectivity index (χ1v) is 7.67. The summed E-state index contributed by atoms with van der Waals surface area (Å²) in [6.45, 7) is 4.49. The number of Topliss-reactive ketones (excluding diaryl/α,β-unsaturated/α-hetero) is 1. The molecule has 0 saturated carbocycles. The number of nitro groups is 1. The summed E-state index contributed by atoms with van der Waals surface area (Å²) in [6, 6.07) is 4.95. The molecule has 114 valence electrons. The van der Waals surface area contributed by atoms with E-state index in [1.54, 1.807) is 13.8 Å². The summed E-state index contributed by atoms with van der Waals surface area (Å²) >= 11 is 0. The predicted octanol–water partition coefficient (Wildman–Crippen LogP) is 1.85. The van der Waals surface area contributed by atoms with E-state index in [1.807, 2.05) is 0 Å². The van der Waals surface area contributed by atoms with Gasteiger partial charge >= 0.3 is 0 Å². The first kappa shape index (κ1) is 17.0. The highest BCUT2D eigenvalue weighted by Gasteiger charge is 2.17. The molecule has 1 aromatic carbocycles. The van der Waals surface area contributed by atoms with Crippen LogP contribution >= 0.6 is 0 Å². The van der Waals surface area contributed by atoms with E-state index in [2.05, 4.69) is 4.72 Å². The predicted molar refractivity (Wildman–Crippen MR) is 78.9 cm³/mol. The van der Waals surface area contributed by atoms with Crippen LogP contribution < -0.4 is 4.72 Å². The van der Waals surface area contributed by atoms with Crippen molar-refractivity contribution in [2.45, 2.75) is 26.8 Å². The maximum absolute atomic E-state index is 11.9. The van der Waals surface area contributed by atoms with E-state index >= 15 is 0 Å². The van der Waals surface area contributed by atoms with Crippen molar-refractivity contribution in [1.29, 1.82) is 0 Å². The maximum Gasteiger partial charge on any atom is 0.270 e. The number of nitrogens with zero attached hydrogens (tertiary/aromatic N) is 1. The van der Waals surface area contributed by atoms with Gasteiger partial charge in [-0.05, 0) is 26.3 Å². The highest BCUT2D eigenvalue weighted by Crippen LogP contribution is 2.21. The van der Waals surface area contributed by atoms with E-state index in [9.17, 15) is 23.3 Å². The van der Waals surface area contributed by atoms with Crippen LogP contribution in [0.25, 0.3) is 5.57 Å². The minimum absolute atomic E-state index is 0.105. The minimum Gasteiger partial charge on any atom is -0.294 e. The van der Waals surface area contributed by atoms with Gasteiger partial charge in [-0.25, -0.2) is 13.1 Å². The summed E-state index contributed by atoms with van der Waals surface area (Å²) in [4.78, 5) is 21.8. The van der Waals surface area contributed by atoms with Gasteiger partial charge in [0.25, 0.3) is 5.69 Å². The average molecular weight is 312 g/mol. The van der Waals surface area contributed by atoms with Crippen molar-refractivity contribution < 1.29 is 18.1 Å². The van der Waals surface area contributed by atoms with Gasteiger partial charge in [0.2, 0.25) is 10.0 Å². The van der Waals surface area contributed by atoms with Crippen molar-refractivity contribution >= 4 is 27.1 Å². The monoisotopic (exact) mass is 312 g/mol. The first-order valence-electron chi connectivity index (χ1n) is 6.12. The fourth-order valence-electron chi connectivity index (χ4n) is 1.66. The third-order valence-electron chi connectivity index (χ3n) is 2.42. The molecule has 0 atom stereocenters. The zero-order valence-electron chi connectivity index (χ0n) is 11.9. The molecule has 21 heavy (non-hydrogen) atoms. The molecular weight excluding hydrogens is 296 g/mol. The SMILES string of the molecule is CC(=O)C(=CS(=O)(=O)NC(C)C)c1cccc([N+](=O)[O-])c1. The second kappa shape index (κ2) is 6.59. The molecule has 1 rings (SSSR count). The van der Waals surface area contributed by atoms with Gasteiger partial charge in [0.05, 0.1) is 10.3 Å². The van der Waals surface area contributed by atoms with Gasteiger partial charge in [-0.15, -0.1) is 0 Å². The van der Waals surface area contributed by atoms with Crippen LogP contribution in [0, 0.1) is 10.1 Å². The number of nitrogens with one attached hydrogen (secondary N) is 1. The minimum atomic E-state index is -3.81. The van der Waals surface area contributed by atoms with E-state index < -0.39 is 20.7 Å². The van der Waals surface area contributed by atoms with Crippen molar-refractivity contribution in [3.05, 3.63) is 45.4 Å². The van der Waals surface area contributed by atoms with E-state index in [0.717, 1.165) is 11.5 Å². The standard InChI is InChI=1S/C13H16N2O5S/c1-9(2)14-21(19,20)8-13(10(3)16)11-5-4-6-12(7-11)15(17)18/h4-9,14H,1-3H3. The lowest BCUT2D eigenvalue weighted by Crippen LogP contribution is -2.28. The smallest absolute Gasteiger partial charge is 0.270 e. The van der Waals surface area contributed by atoms with Gasteiger partial charge in [-0.2, -0.15) is 0 Å². The Morgan fingerprint density at radius 1 is 1.38 bits per heavy atom. The molecule has 0 amide bonds. The van der Waals surface area contributed by atoms with Gasteiger partial charge in [-0.1, -0.05) is 12.1 Å². The van der Waals surface area contributed by atoms with Gasteiger partial charge < -0.3 is 0 Å². The molecule has 0 radical (unpaired) electrons. The highest BCUT2D eigenvalue weighted by atomic mass is 32.2. The van der Waals surface area contributed by atoms with Crippen molar-refractivity contribution in [3.8, 4) is 0 Å². The number of carbonyl (C=O) groups is 1. The number of rotatable bonds is 6. The molecule has 0 aliphatic heterocycles. The molecular formula is C13H16N2O5S. The molecule has 1 N–H and O–H groups in total. The highest BCUT2D eigenvalue weighted by molar-refractivity contribution is 7.92. The Morgan fingerprint density at radius 2 is 2.00 bits per heavy atom. The van der Waals surface area contributed by atoms with E-state index in [-0.39, 0.29) is 22.9 Å². The molecule has 0 saturated heterocycles. The van der Waals surface area contributed by atoms with E-state index in [0.29, 0.717) is 0 Å². The van der Waals surface area contributed by atoms with Gasteiger partial charge in [0.15, 0.2) is 5.78 Å². The summed E-state index contributed by atoms with van der Waals surface area (Å²) in [5.74, 6) is -0.496. The molecule has 0 aromatic heterocycles. The zero-order valence-corrected chi connectivity index (χ0v) is 12.7. The van der Waals surface area contributed by atoms with Crippen molar-refractivity contribution in [2.75, 3.05) is 0 Å². The Balaban J connectivity index is 3.34. The van der Waals surface area contributed by atoms with E-state index in [1.165, 1.54) is 25.1 Å². The number of non-ortho nitro benzene ring substituents is 1. The molecule has 0 spiro atoms. The molecule has 0 heterocycles. The summed E-state index contributed by atoms with van der Waals surface area (Å²) < 4.78 is 26.1. The second-order valence-electron chi connectivity index (χ2n) is 4.71. The van der Waals surface area contributed by atoms with Crippen LogP contribution in [-0.4, -0.2) is 25.2 Å². The first-order chi connectivity index (χ1) is 9.62. The Morgan fingerprint density at radius 3 is 2.48 bits per heavy atom. The Labute approximate surface area is 122 Å². The van der Waals surface area contributed by atoms with Crippen LogP contribution in [0.3, 0.4) is 0 Å². The van der Waals surface area contributed by atoms with Crippen molar-refractivity contribution in [3.63, 3.8) is 0 Å². The van der Waals surface area contributed by atoms with Crippen LogP contribution in [0.2, 0.25) is 0 Å². The molecule has 0 aliphatic carbocycles. The lowest BCUT2D eigenvalue weighted by molar-refractivity contribution is -0.384. The van der Waals surface area contributed by atoms with Gasteiger partial charge in [-0.3, -0.25) is 14.9 Å². The summed E-state index contributed by atoms with van der Waals surface area (Å²) in [5.41, 5.74) is -0.133. The average Bonchev–Trinajstić information content (AvgIpc) is 2.34. The van der Waals surface area contributed by atoms with Crippen LogP contribution in [0.5, 0.6) is 0 Å². The fourth-order valence-corrected chi connectivity index (χ4v) is 3.00. The molecule has 0 unspecified atom stereocenters. The van der Waals surface area contributed by atoms with Crippen molar-refractivity contribution in [1.82, 2.24) is 4.72 Å². The summed E-state index contributed by atoms with van der Waals surface area (Å²) in [7, 11) is -3.81. The molecule has 0 bridgehead atoms. The Hall–Kier alpha value is -2.06. The molecule has 7 nitrogen and oxygen atoms in total. The van der Waals surface area contributed by atoms with Gasteiger partial charge in [0, 0.05) is 23.7 Å². The summed E-state index contributed by atoms with van der Waals surface area (Å²) in [5, 5.41) is 11.5. The summed E-state index contributed by atoms with van der Waals surface area (Å²) in [6.07, 6.45) is 0. The normalized spacial score (nSPS) is 12.5. The van der Waals surface area contributed by atoms with Crippen LogP contribution in [0.4, 0.5) is 5.69 Å². The number of hydrogen-bond acceptors (Lipinski definition) is 5. The lowest BCUT2D eigenvalue weighted by Gasteiger charge is -2.08. The largest absolute Gasteiger partial charge is 0.294 e. The zero-order chi connectivity index (χ0) is 16.2. The number of sulfonamides is 1. The fraction of sp³-hybridized carbons (Fsp3) is 0.308.